The summed E-state index contributed by atoms with van der Waals surface area (Å²) in [6.07, 6.45) is 0.676. The maximum Gasteiger partial charge on any atom is 0.416 e. The molecule has 2 aliphatic heterocycles. The van der Waals surface area contributed by atoms with Gasteiger partial charge in [0.15, 0.2) is 0 Å². The Morgan fingerprint density at radius 1 is 1.14 bits per heavy atom. The second kappa shape index (κ2) is 7.45. The largest absolute Gasteiger partial charge is 0.416 e. The summed E-state index contributed by atoms with van der Waals surface area (Å²) in [5, 5.41) is 9.74. The van der Waals surface area contributed by atoms with Crippen LogP contribution < -0.4 is 4.90 Å². The predicted octanol–water partition coefficient (Wildman–Crippen LogP) is 3.53. The number of amides is 1. The molecule has 5 nitrogen and oxygen atoms in total. The number of hydrogen-bond acceptors (Lipinski definition) is 4. The topological polar surface area (TPSA) is 56.7 Å². The first-order valence-corrected chi connectivity index (χ1v) is 10.5. The van der Waals surface area contributed by atoms with Gasteiger partial charge < -0.3 is 14.9 Å². The lowest BCUT2D eigenvalue weighted by atomic mass is 9.78. The Labute approximate surface area is 168 Å². The number of hydrogen-bond donors (Lipinski definition) is 1. The van der Waals surface area contributed by atoms with E-state index >= 15 is 0 Å². The summed E-state index contributed by atoms with van der Waals surface area (Å²) in [5.41, 5.74) is -0.896. The van der Waals surface area contributed by atoms with Crippen LogP contribution in [-0.4, -0.2) is 52.7 Å². The van der Waals surface area contributed by atoms with E-state index in [1.807, 2.05) is 9.80 Å². The number of aromatic nitrogens is 1. The number of nitrogens with zero attached hydrogens (tertiary/aromatic N) is 3. The maximum absolute atomic E-state index is 13.4. The third kappa shape index (κ3) is 3.96. The lowest BCUT2D eigenvalue weighted by Gasteiger charge is -2.41. The summed E-state index contributed by atoms with van der Waals surface area (Å²) >= 11 is 0. The lowest BCUT2D eigenvalue weighted by molar-refractivity contribution is -0.139. The van der Waals surface area contributed by atoms with E-state index in [0.29, 0.717) is 31.1 Å². The summed E-state index contributed by atoms with van der Waals surface area (Å²) in [6.45, 7) is 3.30. The van der Waals surface area contributed by atoms with Gasteiger partial charge in [0.05, 0.1) is 17.1 Å². The van der Waals surface area contributed by atoms with Gasteiger partial charge in [-0.2, -0.15) is 13.2 Å². The quantitative estimate of drug-likeness (QED) is 0.809. The molecule has 2 saturated heterocycles. The molecule has 1 atom stereocenters. The molecular formula is C21H28F3N3O2. The van der Waals surface area contributed by atoms with Crippen molar-refractivity contribution < 1.29 is 23.1 Å². The van der Waals surface area contributed by atoms with Crippen molar-refractivity contribution in [3.05, 3.63) is 23.4 Å². The zero-order chi connectivity index (χ0) is 20.8. The molecule has 3 aliphatic rings. The van der Waals surface area contributed by atoms with E-state index in [0.717, 1.165) is 57.1 Å². The predicted molar refractivity (Wildman–Crippen MR) is 102 cm³/mol. The molecule has 1 aromatic heterocycles. The Balaban J connectivity index is 1.53. The maximum atomic E-state index is 13.4. The monoisotopic (exact) mass is 411 g/mol. The molecule has 0 radical (unpaired) electrons. The van der Waals surface area contributed by atoms with Crippen LogP contribution >= 0.6 is 0 Å². The minimum Gasteiger partial charge on any atom is -0.393 e. The lowest BCUT2D eigenvalue weighted by Crippen LogP contribution is -2.50. The molecular weight excluding hydrogens is 383 g/mol. The van der Waals surface area contributed by atoms with Crippen LogP contribution in [0.1, 0.15) is 56.2 Å². The minimum atomic E-state index is -4.42. The Morgan fingerprint density at radius 2 is 1.86 bits per heavy atom. The summed E-state index contributed by atoms with van der Waals surface area (Å²) in [7, 11) is 0. The molecule has 1 amide bonds. The highest BCUT2D eigenvalue weighted by Crippen LogP contribution is 2.43. The fourth-order valence-corrected chi connectivity index (χ4v) is 5.25. The first-order valence-electron chi connectivity index (χ1n) is 10.5. The van der Waals surface area contributed by atoms with Crippen molar-refractivity contribution in [2.24, 2.45) is 5.41 Å². The molecule has 0 bridgehead atoms. The van der Waals surface area contributed by atoms with E-state index < -0.39 is 17.2 Å². The summed E-state index contributed by atoms with van der Waals surface area (Å²) < 4.78 is 39.7. The smallest absolute Gasteiger partial charge is 0.393 e. The third-order valence-electron chi connectivity index (χ3n) is 6.82. The van der Waals surface area contributed by atoms with E-state index in [1.165, 1.54) is 0 Å². The molecule has 160 valence electrons. The van der Waals surface area contributed by atoms with Crippen LogP contribution in [0.5, 0.6) is 0 Å². The van der Waals surface area contributed by atoms with Crippen LogP contribution in [0.25, 0.3) is 0 Å². The number of aryl methyl sites for hydroxylation is 1. The highest BCUT2D eigenvalue weighted by molar-refractivity contribution is 5.86. The van der Waals surface area contributed by atoms with Crippen molar-refractivity contribution in [3.63, 3.8) is 0 Å². The number of carbonyl (C=O) groups is 1. The summed E-state index contributed by atoms with van der Waals surface area (Å²) in [5.74, 6) is 0.440. The van der Waals surface area contributed by atoms with E-state index in [9.17, 15) is 23.1 Å². The number of aliphatic hydroxyl groups is 1. The second-order valence-corrected chi connectivity index (χ2v) is 8.87. The molecule has 1 N–H and O–H groups in total. The fourth-order valence-electron chi connectivity index (χ4n) is 5.25. The van der Waals surface area contributed by atoms with Crippen molar-refractivity contribution in [3.8, 4) is 0 Å². The van der Waals surface area contributed by atoms with Gasteiger partial charge in [0.1, 0.15) is 5.82 Å². The van der Waals surface area contributed by atoms with Crippen molar-refractivity contribution in [1.29, 1.82) is 0 Å². The van der Waals surface area contributed by atoms with E-state index in [4.69, 9.17) is 0 Å². The normalized spacial score (nSPS) is 31.0. The molecule has 0 unspecified atom stereocenters. The highest BCUT2D eigenvalue weighted by atomic mass is 19.4. The highest BCUT2D eigenvalue weighted by Gasteiger charge is 2.51. The SMILES string of the molecule is Cc1cc(C(F)(F)F)cc(N2CCC[C@@]3(CCN([C@H]4CC[C@H](O)CC4)C3=O)C2)n1. The summed E-state index contributed by atoms with van der Waals surface area (Å²) in [4.78, 5) is 21.5. The zero-order valence-corrected chi connectivity index (χ0v) is 16.7. The van der Waals surface area contributed by atoms with Crippen molar-refractivity contribution >= 4 is 11.7 Å². The number of alkyl halides is 3. The molecule has 1 saturated carbocycles. The standard InChI is InChI=1S/C21H28F3N3O2/c1-14-11-15(21(22,23)24)12-18(25-14)26-9-2-7-20(13-26)8-10-27(19(20)29)16-3-5-17(28)6-4-16/h11-12,16-17,28H,2-10,13H2,1H3/t16-,17-,20-/m1/s1. The van der Waals surface area contributed by atoms with E-state index in [1.54, 1.807) is 6.92 Å². The minimum absolute atomic E-state index is 0.132. The van der Waals surface area contributed by atoms with Crippen LogP contribution in [0, 0.1) is 12.3 Å². The molecule has 1 aliphatic carbocycles. The van der Waals surface area contributed by atoms with Crippen molar-refractivity contribution in [2.45, 2.75) is 70.2 Å². The molecule has 29 heavy (non-hydrogen) atoms. The van der Waals surface area contributed by atoms with Crippen LogP contribution in [0.3, 0.4) is 0 Å². The fraction of sp³-hybridized carbons (Fsp3) is 0.714. The number of aliphatic hydroxyl groups excluding tert-OH is 1. The zero-order valence-electron chi connectivity index (χ0n) is 16.7. The third-order valence-corrected chi connectivity index (χ3v) is 6.82. The number of likely N-dealkylation sites (tertiary alicyclic amines) is 1. The van der Waals surface area contributed by atoms with Crippen LogP contribution in [-0.2, 0) is 11.0 Å². The van der Waals surface area contributed by atoms with Crippen LogP contribution in [0.2, 0.25) is 0 Å². The number of halogens is 3. The average Bonchev–Trinajstić information content (AvgIpc) is 2.97. The van der Waals surface area contributed by atoms with Crippen molar-refractivity contribution in [1.82, 2.24) is 9.88 Å². The van der Waals surface area contributed by atoms with Gasteiger partial charge in [-0.3, -0.25) is 4.79 Å². The van der Waals surface area contributed by atoms with Gasteiger partial charge in [0, 0.05) is 31.4 Å². The molecule has 0 aromatic carbocycles. The van der Waals surface area contributed by atoms with E-state index in [2.05, 4.69) is 4.98 Å². The van der Waals surface area contributed by atoms with Gasteiger partial charge in [-0.05, 0) is 64.0 Å². The Kier molecular flexibility index (Phi) is 5.25. The Morgan fingerprint density at radius 3 is 2.55 bits per heavy atom. The van der Waals surface area contributed by atoms with Gasteiger partial charge in [-0.25, -0.2) is 4.98 Å². The molecule has 8 heteroatoms. The average molecular weight is 411 g/mol. The van der Waals surface area contributed by atoms with Gasteiger partial charge in [0.2, 0.25) is 5.91 Å². The van der Waals surface area contributed by atoms with Crippen LogP contribution in [0.15, 0.2) is 12.1 Å². The Hall–Kier alpha value is -1.83. The van der Waals surface area contributed by atoms with Gasteiger partial charge in [-0.15, -0.1) is 0 Å². The number of rotatable bonds is 2. The molecule has 3 heterocycles. The number of anilines is 1. The number of pyridine rings is 1. The first kappa shape index (κ1) is 20.4. The molecule has 4 rings (SSSR count). The van der Waals surface area contributed by atoms with Crippen LogP contribution in [0.4, 0.5) is 19.0 Å². The Bertz CT molecular complexity index is 777. The molecule has 1 spiro atoms. The van der Waals surface area contributed by atoms with Gasteiger partial charge in [-0.1, -0.05) is 0 Å². The van der Waals surface area contributed by atoms with Gasteiger partial charge in [0.25, 0.3) is 0 Å². The second-order valence-electron chi connectivity index (χ2n) is 8.87. The number of piperidine rings is 1. The first-order chi connectivity index (χ1) is 13.7. The summed E-state index contributed by atoms with van der Waals surface area (Å²) in [6, 6.07) is 2.34. The molecule has 1 aromatic rings. The number of carbonyl (C=O) groups excluding carboxylic acids is 1. The van der Waals surface area contributed by atoms with Gasteiger partial charge >= 0.3 is 6.18 Å². The van der Waals surface area contributed by atoms with Crippen molar-refractivity contribution in [2.75, 3.05) is 24.5 Å². The molecule has 3 fully saturated rings. The van der Waals surface area contributed by atoms with E-state index in [-0.39, 0.29) is 18.1 Å².